The number of ether oxygens (including phenoxy) is 1. The number of carbonyl (C=O) groups is 1. The number of anilines is 1. The van der Waals surface area contributed by atoms with Gasteiger partial charge in [0.2, 0.25) is 5.88 Å². The van der Waals surface area contributed by atoms with Crippen LogP contribution in [-0.4, -0.2) is 49.3 Å². The molecule has 1 aromatic carbocycles. The molecule has 4 N–H and O–H groups in total. The third-order valence-corrected chi connectivity index (χ3v) is 4.11. The lowest BCUT2D eigenvalue weighted by Crippen LogP contribution is -2.24. The lowest BCUT2D eigenvalue weighted by Gasteiger charge is -2.15. The van der Waals surface area contributed by atoms with E-state index in [0.717, 1.165) is 6.07 Å². The summed E-state index contributed by atoms with van der Waals surface area (Å²) < 4.78 is 19.0. The molecule has 0 bridgehead atoms. The van der Waals surface area contributed by atoms with Gasteiger partial charge in [-0.2, -0.15) is 5.26 Å². The van der Waals surface area contributed by atoms with E-state index < -0.39 is 11.7 Å². The number of rotatable bonds is 10. The number of pyridine rings is 1. The lowest BCUT2D eigenvalue weighted by molar-refractivity contribution is 0.102. The zero-order chi connectivity index (χ0) is 21.9. The molecule has 0 atom stereocenters. The van der Waals surface area contributed by atoms with Gasteiger partial charge in [-0.05, 0) is 24.3 Å². The Morgan fingerprint density at radius 2 is 2.17 bits per heavy atom. The molecule has 2 aromatic rings. The van der Waals surface area contributed by atoms with E-state index in [4.69, 9.17) is 21.4 Å². The van der Waals surface area contributed by atoms with Crippen LogP contribution in [0.4, 0.5) is 10.1 Å². The Kier molecular flexibility index (Phi) is 9.03. The highest BCUT2D eigenvalue weighted by molar-refractivity contribution is 6.35. The predicted octanol–water partition coefficient (Wildman–Crippen LogP) is 2.08. The monoisotopic (exact) mass is 433 g/mol. The number of amides is 1. The van der Waals surface area contributed by atoms with E-state index >= 15 is 0 Å². The van der Waals surface area contributed by atoms with E-state index in [0.29, 0.717) is 24.3 Å². The van der Waals surface area contributed by atoms with Gasteiger partial charge < -0.3 is 25.8 Å². The number of benzene rings is 1. The molecule has 0 fully saturated rings. The first kappa shape index (κ1) is 23.1. The number of hydrogen-bond acceptors (Lipinski definition) is 7. The van der Waals surface area contributed by atoms with Crippen molar-refractivity contribution in [1.29, 1.82) is 5.26 Å². The topological polar surface area (TPSA) is 119 Å². The molecule has 10 heteroatoms. The first-order valence-corrected chi connectivity index (χ1v) is 9.37. The number of aromatic nitrogens is 1. The summed E-state index contributed by atoms with van der Waals surface area (Å²) in [6.07, 6.45) is 1.38. The van der Waals surface area contributed by atoms with Crippen LogP contribution in [0.25, 0.3) is 5.70 Å². The summed E-state index contributed by atoms with van der Waals surface area (Å²) in [4.78, 5) is 16.6. The maximum absolute atomic E-state index is 13.4. The summed E-state index contributed by atoms with van der Waals surface area (Å²) in [6.45, 7) is 1.14. The number of halogens is 2. The largest absolute Gasteiger partial charge is 0.476 e. The Morgan fingerprint density at radius 3 is 2.83 bits per heavy atom. The molecule has 1 amide bonds. The van der Waals surface area contributed by atoms with Crippen LogP contribution in [0, 0.1) is 17.1 Å². The molecule has 8 nitrogen and oxygen atoms in total. The molecule has 158 valence electrons. The zero-order valence-electron chi connectivity index (χ0n) is 16.2. The molecule has 0 radical (unpaired) electrons. The van der Waals surface area contributed by atoms with E-state index in [1.54, 1.807) is 13.1 Å². The van der Waals surface area contributed by atoms with Crippen LogP contribution < -0.4 is 20.7 Å². The maximum Gasteiger partial charge on any atom is 0.255 e. The van der Waals surface area contributed by atoms with Crippen LogP contribution in [0.5, 0.6) is 5.88 Å². The Morgan fingerprint density at radius 1 is 1.37 bits per heavy atom. The molecule has 0 saturated heterocycles. The Hall–Kier alpha value is -3.19. The fourth-order valence-corrected chi connectivity index (χ4v) is 2.69. The van der Waals surface area contributed by atoms with Crippen molar-refractivity contribution in [1.82, 2.24) is 15.6 Å². The van der Waals surface area contributed by atoms with Gasteiger partial charge in [0, 0.05) is 25.7 Å². The first-order chi connectivity index (χ1) is 14.5. The molecule has 0 saturated carbocycles. The molecule has 0 spiro atoms. The summed E-state index contributed by atoms with van der Waals surface area (Å²) >= 11 is 6.02. The van der Waals surface area contributed by atoms with Gasteiger partial charge in [0.1, 0.15) is 23.5 Å². The molecule has 0 aliphatic rings. The van der Waals surface area contributed by atoms with Gasteiger partial charge in [-0.25, -0.2) is 9.37 Å². The smallest absolute Gasteiger partial charge is 0.255 e. The van der Waals surface area contributed by atoms with Gasteiger partial charge in [-0.3, -0.25) is 4.79 Å². The third kappa shape index (κ3) is 6.42. The average Bonchev–Trinajstić information content (AvgIpc) is 2.75. The van der Waals surface area contributed by atoms with E-state index in [-0.39, 0.29) is 35.4 Å². The van der Waals surface area contributed by atoms with Gasteiger partial charge >= 0.3 is 0 Å². The van der Waals surface area contributed by atoms with E-state index in [2.05, 4.69) is 20.9 Å². The van der Waals surface area contributed by atoms with Gasteiger partial charge in [0.25, 0.3) is 5.91 Å². The highest BCUT2D eigenvalue weighted by atomic mass is 35.5. The minimum Gasteiger partial charge on any atom is -0.476 e. The summed E-state index contributed by atoms with van der Waals surface area (Å²) in [7, 11) is 1.58. The minimum atomic E-state index is -0.527. The molecule has 0 unspecified atom stereocenters. The predicted molar refractivity (Wildman–Crippen MR) is 111 cm³/mol. The van der Waals surface area contributed by atoms with Crippen molar-refractivity contribution in [2.75, 3.05) is 38.7 Å². The highest BCUT2D eigenvalue weighted by Gasteiger charge is 2.16. The molecule has 1 heterocycles. The van der Waals surface area contributed by atoms with Crippen molar-refractivity contribution < 1.29 is 19.0 Å². The quantitative estimate of drug-likeness (QED) is 0.334. The summed E-state index contributed by atoms with van der Waals surface area (Å²) in [6, 6.07) is 8.67. The van der Waals surface area contributed by atoms with Gasteiger partial charge in [0.05, 0.1) is 29.8 Å². The molecular formula is C20H21ClFN5O3. The second-order valence-corrected chi connectivity index (χ2v) is 6.29. The van der Waals surface area contributed by atoms with Crippen molar-refractivity contribution in [2.45, 2.75) is 0 Å². The number of aliphatic hydroxyl groups is 1. The number of carbonyl (C=O) groups excluding carboxylic acids is 1. The van der Waals surface area contributed by atoms with Crippen molar-refractivity contribution in [2.24, 2.45) is 0 Å². The number of nitrogens with zero attached hydrogens (tertiary/aromatic N) is 2. The van der Waals surface area contributed by atoms with Crippen LogP contribution >= 0.6 is 11.6 Å². The standard InChI is InChI=1S/C20H21ClFN5O3/c1-24-18(17(21)11-23)16-10-15(12-26-20(16)30-8-6-25-5-7-28)27-19(29)13-3-2-4-14(22)9-13/h2-4,9-10,12,24-25,28H,5-8H2,1H3,(H,27,29)/b18-17+. The van der Waals surface area contributed by atoms with E-state index in [1.165, 1.54) is 24.4 Å². The number of nitriles is 1. The Bertz CT molecular complexity index is 962. The first-order valence-electron chi connectivity index (χ1n) is 8.99. The molecule has 2 rings (SSSR count). The SMILES string of the molecule is CN/C(=C(/Cl)C#N)c1cc(NC(=O)c2cccc(F)c2)cnc1OCCNCCO. The van der Waals surface area contributed by atoms with Crippen molar-refractivity contribution in [3.05, 3.63) is 58.5 Å². The second-order valence-electron chi connectivity index (χ2n) is 5.91. The number of allylic oxidation sites excluding steroid dienone is 1. The van der Waals surface area contributed by atoms with Gasteiger partial charge in [0.15, 0.2) is 0 Å². The fourth-order valence-electron chi connectivity index (χ4n) is 2.49. The van der Waals surface area contributed by atoms with Crippen molar-refractivity contribution in [3.8, 4) is 11.9 Å². The average molecular weight is 434 g/mol. The number of aliphatic hydroxyl groups excluding tert-OH is 1. The molecule has 0 aliphatic carbocycles. The molecule has 30 heavy (non-hydrogen) atoms. The highest BCUT2D eigenvalue weighted by Crippen LogP contribution is 2.28. The Labute approximate surface area is 178 Å². The molecular weight excluding hydrogens is 413 g/mol. The van der Waals surface area contributed by atoms with E-state index in [9.17, 15) is 14.4 Å². The Balaban J connectivity index is 2.29. The van der Waals surface area contributed by atoms with Gasteiger partial charge in [-0.15, -0.1) is 0 Å². The minimum absolute atomic E-state index is 0.00757. The normalized spacial score (nSPS) is 11.3. The molecule has 1 aromatic heterocycles. The molecule has 0 aliphatic heterocycles. The van der Waals surface area contributed by atoms with Crippen LogP contribution in [0.15, 0.2) is 41.6 Å². The van der Waals surface area contributed by atoms with Crippen LogP contribution in [0.3, 0.4) is 0 Å². The van der Waals surface area contributed by atoms with Crippen molar-refractivity contribution in [3.63, 3.8) is 0 Å². The summed E-state index contributed by atoms with van der Waals surface area (Å²) in [5.74, 6) is -0.853. The van der Waals surface area contributed by atoms with Crippen LogP contribution in [0.2, 0.25) is 0 Å². The van der Waals surface area contributed by atoms with Crippen LogP contribution in [-0.2, 0) is 0 Å². The second kappa shape index (κ2) is 11.7. The summed E-state index contributed by atoms with van der Waals surface area (Å²) in [5.41, 5.74) is 1.08. The number of nitrogens with one attached hydrogen (secondary N) is 3. The number of hydrogen-bond donors (Lipinski definition) is 4. The third-order valence-electron chi connectivity index (χ3n) is 3.84. The van der Waals surface area contributed by atoms with E-state index in [1.807, 2.05) is 6.07 Å². The maximum atomic E-state index is 13.4. The summed E-state index contributed by atoms with van der Waals surface area (Å²) in [5, 5.41) is 26.3. The van der Waals surface area contributed by atoms with Gasteiger partial charge in [-0.1, -0.05) is 17.7 Å². The van der Waals surface area contributed by atoms with Crippen molar-refractivity contribution >= 4 is 28.9 Å². The van der Waals surface area contributed by atoms with Crippen LogP contribution in [0.1, 0.15) is 15.9 Å². The lowest BCUT2D eigenvalue weighted by atomic mass is 10.1. The zero-order valence-corrected chi connectivity index (χ0v) is 17.0. The fraction of sp³-hybridized carbons (Fsp3) is 0.250.